The van der Waals surface area contributed by atoms with E-state index in [0.717, 1.165) is 43.7 Å². The van der Waals surface area contributed by atoms with Crippen LogP contribution in [-0.4, -0.2) is 38.0 Å². The number of halogens is 1. The summed E-state index contributed by atoms with van der Waals surface area (Å²) in [5, 5.41) is 6.70. The zero-order valence-electron chi connectivity index (χ0n) is 16.9. The summed E-state index contributed by atoms with van der Waals surface area (Å²) in [4.78, 5) is 4.28. The van der Waals surface area contributed by atoms with E-state index in [4.69, 9.17) is 4.74 Å². The minimum Gasteiger partial charge on any atom is -0.494 e. The number of aliphatic imine (C=N–C) groups is 1. The van der Waals surface area contributed by atoms with Crippen LogP contribution in [-0.2, 0) is 19.9 Å². The molecule has 0 bridgehead atoms. The number of anilines is 1. The Hall–Kier alpha value is -2.60. The molecule has 3 rings (SSSR count). The van der Waals surface area contributed by atoms with Gasteiger partial charge in [0.05, 0.1) is 7.11 Å². The Morgan fingerprint density at radius 3 is 2.96 bits per heavy atom. The third kappa shape index (κ3) is 4.12. The van der Waals surface area contributed by atoms with Crippen molar-refractivity contribution in [2.45, 2.75) is 31.7 Å². The van der Waals surface area contributed by atoms with Gasteiger partial charge < -0.3 is 19.9 Å². The highest BCUT2D eigenvalue weighted by atomic mass is 19.1. The van der Waals surface area contributed by atoms with Gasteiger partial charge in [0.25, 0.3) is 0 Å². The largest absolute Gasteiger partial charge is 0.494 e. The Balaban J connectivity index is 1.67. The summed E-state index contributed by atoms with van der Waals surface area (Å²) in [6.07, 6.45) is 8.38. The van der Waals surface area contributed by atoms with Gasteiger partial charge in [-0.15, -0.1) is 0 Å². The van der Waals surface area contributed by atoms with E-state index in [0.29, 0.717) is 6.04 Å². The molecular weight excluding hydrogens is 355 g/mol. The second kappa shape index (κ2) is 9.06. The van der Waals surface area contributed by atoms with Crippen LogP contribution < -0.4 is 15.4 Å². The lowest BCUT2D eigenvalue weighted by Gasteiger charge is -2.23. The van der Waals surface area contributed by atoms with E-state index >= 15 is 0 Å². The van der Waals surface area contributed by atoms with Crippen molar-refractivity contribution in [2.75, 3.05) is 26.0 Å². The van der Waals surface area contributed by atoms with Gasteiger partial charge in [0.1, 0.15) is 5.82 Å². The molecule has 1 aliphatic carbocycles. The molecule has 0 spiro atoms. The Kier molecular flexibility index (Phi) is 6.52. The first kappa shape index (κ1) is 20.1. The molecule has 0 fully saturated rings. The van der Waals surface area contributed by atoms with Crippen molar-refractivity contribution >= 4 is 24.3 Å². The highest BCUT2D eigenvalue weighted by molar-refractivity contribution is 5.69. The molecule has 2 N–H and O–H groups in total. The summed E-state index contributed by atoms with van der Waals surface area (Å²) >= 11 is 0. The standard InChI is InChI=1S/C22H29FN4O/c1-24-15-9-11-20-18(13-15)17(22(25-2)27(20)3)7-5-6-12-26-16-8-10-19(23)21(14-16)28-4/h5,7-8,10,14-15,24,26H,2,6,9,11-13H2,1,3-4H3/b7-5-. The van der Waals surface area contributed by atoms with Gasteiger partial charge in [-0.05, 0) is 57.1 Å². The average molecular weight is 384 g/mol. The van der Waals surface area contributed by atoms with Crippen LogP contribution in [0.4, 0.5) is 15.9 Å². The second-order valence-corrected chi connectivity index (χ2v) is 7.08. The number of ether oxygens (including phenoxy) is 1. The molecule has 1 atom stereocenters. The van der Waals surface area contributed by atoms with Crippen LogP contribution >= 0.6 is 0 Å². The lowest BCUT2D eigenvalue weighted by Crippen LogP contribution is -2.31. The van der Waals surface area contributed by atoms with E-state index < -0.39 is 0 Å². The number of rotatable bonds is 8. The van der Waals surface area contributed by atoms with Crippen LogP contribution in [0.25, 0.3) is 6.08 Å². The molecule has 28 heavy (non-hydrogen) atoms. The first-order valence-corrected chi connectivity index (χ1v) is 9.67. The van der Waals surface area contributed by atoms with Crippen molar-refractivity contribution in [3.63, 3.8) is 0 Å². The lowest BCUT2D eigenvalue weighted by molar-refractivity contribution is 0.387. The smallest absolute Gasteiger partial charge is 0.165 e. The first-order valence-electron chi connectivity index (χ1n) is 9.67. The number of fused-ring (bicyclic) bond motifs is 1. The number of methoxy groups -OCH3 is 1. The van der Waals surface area contributed by atoms with Crippen molar-refractivity contribution in [3.8, 4) is 5.75 Å². The maximum absolute atomic E-state index is 13.5. The number of likely N-dealkylation sites (N-methyl/N-ethyl adjacent to an activating group) is 1. The number of aromatic nitrogens is 1. The topological polar surface area (TPSA) is 50.6 Å². The van der Waals surface area contributed by atoms with Gasteiger partial charge in [-0.25, -0.2) is 9.38 Å². The van der Waals surface area contributed by atoms with E-state index in [1.54, 1.807) is 12.1 Å². The number of nitrogens with zero attached hydrogens (tertiary/aromatic N) is 2. The first-order chi connectivity index (χ1) is 13.6. The highest BCUT2D eigenvalue weighted by Gasteiger charge is 2.25. The van der Waals surface area contributed by atoms with Gasteiger partial charge >= 0.3 is 0 Å². The van der Waals surface area contributed by atoms with Gasteiger partial charge in [0, 0.05) is 42.6 Å². The average Bonchev–Trinajstić information content (AvgIpc) is 2.99. The minimum absolute atomic E-state index is 0.247. The molecule has 2 aromatic rings. The van der Waals surface area contributed by atoms with E-state index in [9.17, 15) is 4.39 Å². The number of hydrogen-bond acceptors (Lipinski definition) is 4. The molecule has 1 aliphatic rings. The van der Waals surface area contributed by atoms with Gasteiger partial charge in [-0.3, -0.25) is 0 Å². The third-order valence-corrected chi connectivity index (χ3v) is 5.45. The number of benzene rings is 1. The van der Waals surface area contributed by atoms with Crippen molar-refractivity contribution in [1.29, 1.82) is 0 Å². The maximum Gasteiger partial charge on any atom is 0.165 e. The summed E-state index contributed by atoms with van der Waals surface area (Å²) in [6, 6.07) is 5.31. The highest BCUT2D eigenvalue weighted by Crippen LogP contribution is 2.35. The number of hydrogen-bond donors (Lipinski definition) is 2. The van der Waals surface area contributed by atoms with Crippen molar-refractivity contribution in [2.24, 2.45) is 12.0 Å². The quantitative estimate of drug-likeness (QED) is 0.532. The lowest BCUT2D eigenvalue weighted by atomic mass is 9.90. The normalized spacial score (nSPS) is 16.2. The zero-order valence-corrected chi connectivity index (χ0v) is 16.9. The third-order valence-electron chi connectivity index (χ3n) is 5.45. The Morgan fingerprint density at radius 1 is 1.43 bits per heavy atom. The van der Waals surface area contributed by atoms with E-state index in [-0.39, 0.29) is 11.6 Å². The van der Waals surface area contributed by atoms with Gasteiger partial charge in [0.15, 0.2) is 11.6 Å². The molecule has 0 saturated carbocycles. The van der Waals surface area contributed by atoms with Gasteiger partial charge in [-0.2, -0.15) is 0 Å². The molecule has 0 amide bonds. The van der Waals surface area contributed by atoms with Crippen molar-refractivity contribution < 1.29 is 9.13 Å². The Morgan fingerprint density at radius 2 is 2.25 bits per heavy atom. The van der Waals surface area contributed by atoms with Gasteiger partial charge in [0.2, 0.25) is 0 Å². The SMILES string of the molecule is C=Nc1c(/C=C\CCNc2ccc(F)c(OC)c2)c2c(n1C)CCC(NC)C2. The molecule has 0 radical (unpaired) electrons. The van der Waals surface area contributed by atoms with Crippen molar-refractivity contribution in [3.05, 3.63) is 46.9 Å². The summed E-state index contributed by atoms with van der Waals surface area (Å²) in [6.45, 7) is 4.51. The molecule has 1 heterocycles. The minimum atomic E-state index is -0.355. The molecule has 1 unspecified atom stereocenters. The molecule has 1 aromatic heterocycles. The van der Waals surface area contributed by atoms with Crippen LogP contribution in [0.1, 0.15) is 29.7 Å². The predicted octanol–water partition coefficient (Wildman–Crippen LogP) is 4.10. The summed E-state index contributed by atoms with van der Waals surface area (Å²) in [7, 11) is 5.57. The van der Waals surface area contributed by atoms with E-state index in [2.05, 4.69) is 46.1 Å². The van der Waals surface area contributed by atoms with Crippen molar-refractivity contribution in [1.82, 2.24) is 9.88 Å². The Bertz CT molecular complexity index is 872. The molecular formula is C22H29FN4O. The fourth-order valence-corrected chi connectivity index (χ4v) is 3.89. The van der Waals surface area contributed by atoms with Crippen LogP contribution in [0.5, 0.6) is 5.75 Å². The molecule has 0 saturated heterocycles. The van der Waals surface area contributed by atoms with Crippen LogP contribution in [0.15, 0.2) is 29.3 Å². The van der Waals surface area contributed by atoms with Crippen LogP contribution in [0.3, 0.4) is 0 Å². The molecule has 150 valence electrons. The monoisotopic (exact) mass is 384 g/mol. The fourth-order valence-electron chi connectivity index (χ4n) is 3.89. The van der Waals surface area contributed by atoms with E-state index in [1.807, 2.05) is 7.05 Å². The van der Waals surface area contributed by atoms with Crippen LogP contribution in [0.2, 0.25) is 0 Å². The molecule has 1 aromatic carbocycles. The zero-order chi connectivity index (χ0) is 20.1. The maximum atomic E-state index is 13.5. The van der Waals surface area contributed by atoms with E-state index in [1.165, 1.54) is 30.0 Å². The molecule has 0 aliphatic heterocycles. The summed E-state index contributed by atoms with van der Waals surface area (Å²) < 4.78 is 20.7. The number of nitrogens with one attached hydrogen (secondary N) is 2. The molecule has 6 heteroatoms. The van der Waals surface area contributed by atoms with Gasteiger partial charge in [-0.1, -0.05) is 12.2 Å². The predicted molar refractivity (Wildman–Crippen MR) is 115 cm³/mol. The second-order valence-electron chi connectivity index (χ2n) is 7.08. The van der Waals surface area contributed by atoms with Crippen LogP contribution in [0, 0.1) is 5.82 Å². The fraction of sp³-hybridized carbons (Fsp3) is 0.409. The summed E-state index contributed by atoms with van der Waals surface area (Å²) in [5.74, 6) is 0.831. The molecule has 5 nitrogen and oxygen atoms in total. The Labute approximate surface area is 166 Å². The summed E-state index contributed by atoms with van der Waals surface area (Å²) in [5.41, 5.74) is 4.76.